The van der Waals surface area contributed by atoms with Gasteiger partial charge in [-0.3, -0.25) is 9.69 Å². The smallest absolute Gasteiger partial charge is 0.229 e. The Kier molecular flexibility index (Phi) is 6.52. The molecule has 4 rings (SSSR count). The fraction of sp³-hybridized carbons (Fsp3) is 0.346. The highest BCUT2D eigenvalue weighted by molar-refractivity contribution is 5.88. The Bertz CT molecular complexity index is 1070. The summed E-state index contributed by atoms with van der Waals surface area (Å²) in [5.74, 6) is 0.612. The van der Waals surface area contributed by atoms with Crippen LogP contribution in [-0.4, -0.2) is 49.0 Å². The molecule has 0 aromatic heterocycles. The van der Waals surface area contributed by atoms with Crippen LogP contribution < -0.4 is 4.74 Å². The third kappa shape index (κ3) is 4.88. The SMILES string of the molecule is COc1ccc2cc([C@H](C)C(=O)N3CCCN(Cc4ccccc4F)CC3)ccc2c1. The number of hydrogen-bond donors (Lipinski definition) is 0. The van der Waals surface area contributed by atoms with Gasteiger partial charge >= 0.3 is 0 Å². The van der Waals surface area contributed by atoms with Crippen molar-refractivity contribution in [1.29, 1.82) is 0 Å². The first-order valence-corrected chi connectivity index (χ1v) is 10.9. The monoisotopic (exact) mass is 420 g/mol. The van der Waals surface area contributed by atoms with Crippen LogP contribution in [0.2, 0.25) is 0 Å². The molecule has 0 unspecified atom stereocenters. The molecule has 1 heterocycles. The number of methoxy groups -OCH3 is 1. The van der Waals surface area contributed by atoms with Crippen molar-refractivity contribution in [3.63, 3.8) is 0 Å². The highest BCUT2D eigenvalue weighted by atomic mass is 19.1. The number of amides is 1. The molecule has 3 aromatic carbocycles. The Balaban J connectivity index is 1.42. The lowest BCUT2D eigenvalue weighted by Crippen LogP contribution is -2.37. The van der Waals surface area contributed by atoms with E-state index in [0.717, 1.165) is 48.1 Å². The average molecular weight is 421 g/mol. The summed E-state index contributed by atoms with van der Waals surface area (Å²) in [6, 6.07) is 19.1. The predicted octanol–water partition coefficient (Wildman–Crippen LogP) is 4.83. The van der Waals surface area contributed by atoms with Crippen LogP contribution in [0, 0.1) is 5.82 Å². The van der Waals surface area contributed by atoms with Gasteiger partial charge in [-0.25, -0.2) is 4.39 Å². The topological polar surface area (TPSA) is 32.8 Å². The zero-order chi connectivity index (χ0) is 21.8. The minimum Gasteiger partial charge on any atom is -0.497 e. The van der Waals surface area contributed by atoms with Crippen molar-refractivity contribution in [2.75, 3.05) is 33.3 Å². The third-order valence-corrected chi connectivity index (χ3v) is 6.19. The van der Waals surface area contributed by atoms with Crippen molar-refractivity contribution >= 4 is 16.7 Å². The molecule has 1 aliphatic rings. The second kappa shape index (κ2) is 9.48. The maximum Gasteiger partial charge on any atom is 0.229 e. The molecule has 0 aliphatic carbocycles. The first-order valence-electron chi connectivity index (χ1n) is 10.9. The van der Waals surface area contributed by atoms with Gasteiger partial charge in [-0.05, 0) is 47.9 Å². The van der Waals surface area contributed by atoms with Crippen molar-refractivity contribution in [3.05, 3.63) is 77.6 Å². The van der Waals surface area contributed by atoms with Gasteiger partial charge in [0.1, 0.15) is 11.6 Å². The maximum atomic E-state index is 14.0. The average Bonchev–Trinajstić information content (AvgIpc) is 3.04. The summed E-state index contributed by atoms with van der Waals surface area (Å²) < 4.78 is 19.3. The molecule has 0 spiro atoms. The van der Waals surface area contributed by atoms with Gasteiger partial charge in [0.2, 0.25) is 5.91 Å². The highest BCUT2D eigenvalue weighted by Crippen LogP contribution is 2.26. The fourth-order valence-electron chi connectivity index (χ4n) is 4.27. The van der Waals surface area contributed by atoms with Crippen molar-refractivity contribution in [2.24, 2.45) is 0 Å². The van der Waals surface area contributed by atoms with E-state index >= 15 is 0 Å². The Morgan fingerprint density at radius 3 is 2.58 bits per heavy atom. The number of benzene rings is 3. The minimum absolute atomic E-state index is 0.153. The van der Waals surface area contributed by atoms with E-state index < -0.39 is 0 Å². The summed E-state index contributed by atoms with van der Waals surface area (Å²) in [6.07, 6.45) is 0.893. The van der Waals surface area contributed by atoms with Crippen LogP contribution in [0.4, 0.5) is 4.39 Å². The molecule has 5 heteroatoms. The number of nitrogens with zero attached hydrogens (tertiary/aromatic N) is 2. The van der Waals surface area contributed by atoms with Crippen LogP contribution in [0.3, 0.4) is 0 Å². The highest BCUT2D eigenvalue weighted by Gasteiger charge is 2.25. The van der Waals surface area contributed by atoms with E-state index in [2.05, 4.69) is 17.0 Å². The Morgan fingerprint density at radius 1 is 1.00 bits per heavy atom. The standard InChI is InChI=1S/C26H29FN2O2/c1-19(20-8-9-22-17-24(31-2)11-10-21(22)16-20)26(30)29-13-5-12-28(14-15-29)18-23-6-3-4-7-25(23)27/h3-4,6-11,16-17,19H,5,12-15,18H2,1-2H3/t19-/m0/s1. The van der Waals surface area contributed by atoms with Gasteiger partial charge in [0.25, 0.3) is 0 Å². The van der Waals surface area contributed by atoms with Gasteiger partial charge in [-0.1, -0.05) is 42.5 Å². The second-order valence-electron chi connectivity index (χ2n) is 8.24. The second-order valence-corrected chi connectivity index (χ2v) is 8.24. The minimum atomic E-state index is -0.204. The molecule has 1 aliphatic heterocycles. The van der Waals surface area contributed by atoms with Gasteiger partial charge in [-0.2, -0.15) is 0 Å². The Morgan fingerprint density at radius 2 is 1.77 bits per heavy atom. The fourth-order valence-corrected chi connectivity index (χ4v) is 4.27. The largest absolute Gasteiger partial charge is 0.497 e. The summed E-state index contributed by atoms with van der Waals surface area (Å²) in [5, 5.41) is 2.20. The maximum absolute atomic E-state index is 14.0. The van der Waals surface area contributed by atoms with Gasteiger partial charge in [0.15, 0.2) is 0 Å². The Hall–Kier alpha value is -2.92. The number of rotatable bonds is 5. The molecule has 4 nitrogen and oxygen atoms in total. The van der Waals surface area contributed by atoms with Crippen LogP contribution in [-0.2, 0) is 11.3 Å². The lowest BCUT2D eigenvalue weighted by Gasteiger charge is -2.25. The number of carbonyl (C=O) groups is 1. The summed E-state index contributed by atoms with van der Waals surface area (Å²) in [7, 11) is 1.66. The molecule has 0 saturated carbocycles. The van der Waals surface area contributed by atoms with E-state index in [1.54, 1.807) is 13.2 Å². The molecule has 1 atom stereocenters. The van der Waals surface area contributed by atoms with Gasteiger partial charge < -0.3 is 9.64 Å². The predicted molar refractivity (Wildman–Crippen MR) is 122 cm³/mol. The van der Waals surface area contributed by atoms with E-state index in [9.17, 15) is 9.18 Å². The zero-order valence-corrected chi connectivity index (χ0v) is 18.2. The van der Waals surface area contributed by atoms with E-state index in [0.29, 0.717) is 18.7 Å². The van der Waals surface area contributed by atoms with Crippen LogP contribution in [0.25, 0.3) is 10.8 Å². The van der Waals surface area contributed by atoms with Crippen molar-refractivity contribution < 1.29 is 13.9 Å². The number of fused-ring (bicyclic) bond motifs is 1. The van der Waals surface area contributed by atoms with E-state index in [1.165, 1.54) is 6.07 Å². The molecule has 1 saturated heterocycles. The van der Waals surface area contributed by atoms with Crippen LogP contribution >= 0.6 is 0 Å². The molecule has 0 N–H and O–H groups in total. The molecule has 0 radical (unpaired) electrons. The van der Waals surface area contributed by atoms with Crippen LogP contribution in [0.1, 0.15) is 30.4 Å². The first-order chi connectivity index (χ1) is 15.0. The molecular weight excluding hydrogens is 391 g/mol. The van der Waals surface area contributed by atoms with Crippen molar-refractivity contribution in [2.45, 2.75) is 25.8 Å². The third-order valence-electron chi connectivity index (χ3n) is 6.19. The quantitative estimate of drug-likeness (QED) is 0.593. The summed E-state index contributed by atoms with van der Waals surface area (Å²) >= 11 is 0. The first kappa shape index (κ1) is 21.3. The van der Waals surface area contributed by atoms with E-state index in [-0.39, 0.29) is 17.6 Å². The number of hydrogen-bond acceptors (Lipinski definition) is 3. The summed E-state index contributed by atoms with van der Waals surface area (Å²) in [5.41, 5.74) is 1.73. The normalized spacial score (nSPS) is 16.2. The molecule has 0 bridgehead atoms. The van der Waals surface area contributed by atoms with Gasteiger partial charge in [0.05, 0.1) is 13.0 Å². The van der Waals surface area contributed by atoms with E-state index in [1.807, 2.05) is 48.2 Å². The molecule has 1 amide bonds. The number of carbonyl (C=O) groups excluding carboxylic acids is 1. The number of halogens is 1. The van der Waals surface area contributed by atoms with Gasteiger partial charge in [-0.15, -0.1) is 0 Å². The van der Waals surface area contributed by atoms with Crippen molar-refractivity contribution in [3.8, 4) is 5.75 Å². The van der Waals surface area contributed by atoms with Gasteiger partial charge in [0, 0.05) is 38.3 Å². The van der Waals surface area contributed by atoms with E-state index in [4.69, 9.17) is 4.74 Å². The lowest BCUT2D eigenvalue weighted by atomic mass is 9.96. The molecule has 162 valence electrons. The van der Waals surface area contributed by atoms with Crippen LogP contribution in [0.5, 0.6) is 5.75 Å². The summed E-state index contributed by atoms with van der Waals surface area (Å²) in [6.45, 7) is 5.59. The lowest BCUT2D eigenvalue weighted by molar-refractivity contribution is -0.132. The Labute approximate surface area is 183 Å². The molecular formula is C26H29FN2O2. The summed E-state index contributed by atoms with van der Waals surface area (Å²) in [4.78, 5) is 17.4. The zero-order valence-electron chi connectivity index (χ0n) is 18.2. The van der Waals surface area contributed by atoms with Crippen LogP contribution in [0.15, 0.2) is 60.7 Å². The molecule has 1 fully saturated rings. The molecule has 31 heavy (non-hydrogen) atoms. The van der Waals surface area contributed by atoms with Crippen molar-refractivity contribution in [1.82, 2.24) is 9.80 Å². The molecule has 3 aromatic rings. The number of ether oxygens (including phenoxy) is 1.